The first kappa shape index (κ1) is 27.7. The lowest BCUT2D eigenvalue weighted by Crippen LogP contribution is -2.39. The molecule has 0 atom stereocenters. The van der Waals surface area contributed by atoms with Crippen molar-refractivity contribution in [3.8, 4) is 27.6 Å². The molecule has 1 aliphatic rings. The maximum absolute atomic E-state index is 15.0. The molecule has 2 N–H and O–H groups in total. The molecule has 10 heteroatoms. The number of rotatable bonds is 10. The van der Waals surface area contributed by atoms with Gasteiger partial charge in [-0.15, -0.1) is 11.3 Å². The van der Waals surface area contributed by atoms with Gasteiger partial charge in [-0.1, -0.05) is 19.1 Å². The van der Waals surface area contributed by atoms with Gasteiger partial charge in [-0.05, 0) is 61.2 Å². The summed E-state index contributed by atoms with van der Waals surface area (Å²) in [4.78, 5) is 20.8. The normalized spacial score (nSPS) is 14.5. The predicted molar refractivity (Wildman–Crippen MR) is 168 cm³/mol. The van der Waals surface area contributed by atoms with Crippen LogP contribution in [0.25, 0.3) is 32.7 Å². The first-order valence-corrected chi connectivity index (χ1v) is 16.2. The Morgan fingerprint density at radius 1 is 1.12 bits per heavy atom. The topological polar surface area (TPSA) is 79.0 Å². The zero-order valence-electron chi connectivity index (χ0n) is 23.2. The van der Waals surface area contributed by atoms with Gasteiger partial charge in [-0.2, -0.15) is 11.8 Å². The van der Waals surface area contributed by atoms with Crippen LogP contribution in [0.3, 0.4) is 0 Å². The standard InChI is InChI=1S/C31H33FN6OS2/c1-3-28-37-29(21-5-4-20-8-12-33-26(20)18-21)30(41-28)25-9-13-34-31(36-25)35-22-6-7-27(24(32)19-22)39-23-10-14-38(15-11-23)16-17-40-2/h4-9,12-13,18-19,23,33H,3,10-11,14-17H2,1-2H3,(H,34,35,36). The molecule has 0 unspecified atom stereocenters. The second kappa shape index (κ2) is 12.6. The molecule has 0 amide bonds. The van der Waals surface area contributed by atoms with Crippen molar-refractivity contribution in [3.05, 3.63) is 71.7 Å². The highest BCUT2D eigenvalue weighted by Gasteiger charge is 2.22. The molecule has 41 heavy (non-hydrogen) atoms. The number of anilines is 2. The molecule has 1 saturated heterocycles. The van der Waals surface area contributed by atoms with Crippen LogP contribution in [0.1, 0.15) is 24.8 Å². The van der Waals surface area contributed by atoms with E-state index >= 15 is 4.39 Å². The maximum Gasteiger partial charge on any atom is 0.227 e. The molecule has 0 spiro atoms. The van der Waals surface area contributed by atoms with Crippen LogP contribution in [0, 0.1) is 5.82 Å². The van der Waals surface area contributed by atoms with Crippen molar-refractivity contribution in [2.24, 2.45) is 0 Å². The van der Waals surface area contributed by atoms with Crippen LogP contribution in [0.15, 0.2) is 60.9 Å². The number of piperidine rings is 1. The average molecular weight is 589 g/mol. The van der Waals surface area contributed by atoms with Gasteiger partial charge >= 0.3 is 0 Å². The summed E-state index contributed by atoms with van der Waals surface area (Å²) in [6.07, 6.45) is 8.48. The van der Waals surface area contributed by atoms with Crippen LogP contribution < -0.4 is 10.1 Å². The van der Waals surface area contributed by atoms with Crippen LogP contribution in [-0.2, 0) is 6.42 Å². The third-order valence-corrected chi connectivity index (χ3v) is 9.13. The fraction of sp³-hybridized carbons (Fsp3) is 0.323. The number of thiazole rings is 1. The summed E-state index contributed by atoms with van der Waals surface area (Å²) in [5.74, 6) is 1.42. The minimum absolute atomic E-state index is 0.0354. The number of benzene rings is 2. The van der Waals surface area contributed by atoms with Gasteiger partial charge in [0.25, 0.3) is 0 Å². The number of aryl methyl sites for hydroxylation is 1. The van der Waals surface area contributed by atoms with Gasteiger partial charge in [0.05, 0.1) is 21.3 Å². The third kappa shape index (κ3) is 6.39. The highest BCUT2D eigenvalue weighted by Crippen LogP contribution is 2.37. The van der Waals surface area contributed by atoms with E-state index in [4.69, 9.17) is 14.7 Å². The van der Waals surface area contributed by atoms with Crippen molar-refractivity contribution < 1.29 is 9.13 Å². The molecule has 3 aromatic heterocycles. The molecule has 0 bridgehead atoms. The number of hydrogen-bond acceptors (Lipinski definition) is 8. The Kier molecular flexibility index (Phi) is 8.50. The Hall–Kier alpha value is -3.47. The fourth-order valence-corrected chi connectivity index (χ4v) is 6.52. The number of ether oxygens (including phenoxy) is 1. The number of H-pyrrole nitrogens is 1. The van der Waals surface area contributed by atoms with E-state index in [-0.39, 0.29) is 11.9 Å². The average Bonchev–Trinajstić information content (AvgIpc) is 3.65. The zero-order valence-corrected chi connectivity index (χ0v) is 24.8. The smallest absolute Gasteiger partial charge is 0.227 e. The number of fused-ring (bicyclic) bond motifs is 1. The molecule has 5 aromatic rings. The van der Waals surface area contributed by atoms with Crippen molar-refractivity contribution in [1.29, 1.82) is 0 Å². The largest absolute Gasteiger partial charge is 0.487 e. The number of nitrogens with zero attached hydrogens (tertiary/aromatic N) is 4. The second-order valence-corrected chi connectivity index (χ2v) is 12.2. The lowest BCUT2D eigenvalue weighted by atomic mass is 10.1. The van der Waals surface area contributed by atoms with Gasteiger partial charge in [0.2, 0.25) is 5.95 Å². The molecule has 7 nitrogen and oxygen atoms in total. The fourth-order valence-electron chi connectivity index (χ4n) is 5.08. The summed E-state index contributed by atoms with van der Waals surface area (Å²) in [5.41, 5.74) is 4.33. The van der Waals surface area contributed by atoms with Crippen LogP contribution in [0.4, 0.5) is 16.0 Å². The molecule has 4 heterocycles. The van der Waals surface area contributed by atoms with E-state index in [1.807, 2.05) is 24.0 Å². The third-order valence-electron chi connectivity index (χ3n) is 7.32. The number of aromatic nitrogens is 4. The molecule has 0 radical (unpaired) electrons. The lowest BCUT2D eigenvalue weighted by Gasteiger charge is -2.32. The van der Waals surface area contributed by atoms with Gasteiger partial charge in [0, 0.05) is 60.6 Å². The van der Waals surface area contributed by atoms with Crippen LogP contribution in [-0.4, -0.2) is 62.6 Å². The quantitative estimate of drug-likeness (QED) is 0.176. The number of aromatic amines is 1. The Balaban J connectivity index is 1.17. The highest BCUT2D eigenvalue weighted by atomic mass is 32.2. The summed E-state index contributed by atoms with van der Waals surface area (Å²) in [5, 5.41) is 5.36. The Labute approximate surface area is 247 Å². The van der Waals surface area contributed by atoms with E-state index in [1.54, 1.807) is 29.7 Å². The SMILES string of the molecule is CCc1nc(-c2ccc3cc[nH]c3c2)c(-c2ccnc(Nc3ccc(OC4CCN(CCSC)CC4)c(F)c3)n2)s1. The van der Waals surface area contributed by atoms with Crippen molar-refractivity contribution >= 4 is 45.6 Å². The Morgan fingerprint density at radius 2 is 2.00 bits per heavy atom. The van der Waals surface area contributed by atoms with E-state index in [1.165, 1.54) is 6.07 Å². The number of thioether (sulfide) groups is 1. The minimum atomic E-state index is -0.395. The maximum atomic E-state index is 15.0. The number of likely N-dealkylation sites (tertiary alicyclic amines) is 1. The molecular formula is C31H33FN6OS2. The van der Waals surface area contributed by atoms with Crippen molar-refractivity contribution in [1.82, 2.24) is 24.8 Å². The number of nitrogens with one attached hydrogen (secondary N) is 2. The van der Waals surface area contributed by atoms with Gasteiger partial charge in [0.15, 0.2) is 11.6 Å². The summed E-state index contributed by atoms with van der Waals surface area (Å²) in [6, 6.07) is 15.2. The van der Waals surface area contributed by atoms with E-state index < -0.39 is 5.82 Å². The van der Waals surface area contributed by atoms with E-state index in [2.05, 4.69) is 57.6 Å². The van der Waals surface area contributed by atoms with Gasteiger partial charge in [-0.25, -0.2) is 19.3 Å². The Morgan fingerprint density at radius 3 is 2.80 bits per heavy atom. The van der Waals surface area contributed by atoms with Gasteiger partial charge in [0.1, 0.15) is 6.10 Å². The minimum Gasteiger partial charge on any atom is -0.487 e. The zero-order chi connectivity index (χ0) is 28.2. The molecule has 212 valence electrons. The summed E-state index contributed by atoms with van der Waals surface area (Å²) >= 11 is 3.50. The van der Waals surface area contributed by atoms with E-state index in [9.17, 15) is 0 Å². The number of halogens is 1. The van der Waals surface area contributed by atoms with E-state index in [0.717, 1.165) is 82.4 Å². The Bertz CT molecular complexity index is 1630. The van der Waals surface area contributed by atoms with E-state index in [0.29, 0.717) is 11.6 Å². The molecule has 1 aliphatic heterocycles. The first-order chi connectivity index (χ1) is 20.1. The van der Waals surface area contributed by atoms with Crippen molar-refractivity contribution in [3.63, 3.8) is 0 Å². The van der Waals surface area contributed by atoms with Crippen molar-refractivity contribution in [2.45, 2.75) is 32.3 Å². The molecular weight excluding hydrogens is 556 g/mol. The molecule has 0 saturated carbocycles. The van der Waals surface area contributed by atoms with Crippen molar-refractivity contribution in [2.75, 3.05) is 37.0 Å². The molecule has 0 aliphatic carbocycles. The molecule has 2 aromatic carbocycles. The molecule has 6 rings (SSSR count). The summed E-state index contributed by atoms with van der Waals surface area (Å²) in [6.45, 7) is 5.17. The predicted octanol–water partition coefficient (Wildman–Crippen LogP) is 7.40. The van der Waals surface area contributed by atoms with Gasteiger partial charge < -0.3 is 19.9 Å². The van der Waals surface area contributed by atoms with Gasteiger partial charge in [-0.3, -0.25) is 0 Å². The monoisotopic (exact) mass is 588 g/mol. The lowest BCUT2D eigenvalue weighted by molar-refractivity contribution is 0.101. The van der Waals surface area contributed by atoms with Crippen LogP contribution in [0.2, 0.25) is 0 Å². The second-order valence-electron chi connectivity index (χ2n) is 10.1. The van der Waals surface area contributed by atoms with Crippen LogP contribution in [0.5, 0.6) is 5.75 Å². The first-order valence-electron chi connectivity index (χ1n) is 13.9. The summed E-state index contributed by atoms with van der Waals surface area (Å²) < 4.78 is 21.1. The number of hydrogen-bond donors (Lipinski definition) is 2. The summed E-state index contributed by atoms with van der Waals surface area (Å²) in [7, 11) is 0. The molecule has 1 fully saturated rings. The van der Waals surface area contributed by atoms with Crippen LogP contribution >= 0.6 is 23.1 Å². The highest BCUT2D eigenvalue weighted by molar-refractivity contribution is 7.98.